The van der Waals surface area contributed by atoms with Crippen LogP contribution in [0.4, 0.5) is 0 Å². The van der Waals surface area contributed by atoms with E-state index in [0.717, 1.165) is 17.5 Å². The number of oxazole rings is 1. The molecule has 1 aliphatic rings. The molecule has 0 amide bonds. The Morgan fingerprint density at radius 3 is 2.82 bits per heavy atom. The van der Waals surface area contributed by atoms with E-state index < -0.39 is 0 Å². The van der Waals surface area contributed by atoms with E-state index in [2.05, 4.69) is 18.8 Å². The first-order chi connectivity index (χ1) is 8.06. The van der Waals surface area contributed by atoms with E-state index >= 15 is 0 Å². The minimum absolute atomic E-state index is 0.184. The molecule has 3 rings (SSSR count). The molecule has 1 fully saturated rings. The molecule has 17 heavy (non-hydrogen) atoms. The van der Waals surface area contributed by atoms with Crippen LogP contribution in [0, 0.1) is 11.3 Å². The number of nitrogens with zero attached hydrogens (tertiary/aromatic N) is 1. The highest BCUT2D eigenvalue weighted by atomic mass is 16.3. The fourth-order valence-electron chi connectivity index (χ4n) is 2.28. The normalized spacial score (nSPS) is 21.6. The fraction of sp³-hybridized carbons (Fsp3) is 0.429. The SMILES string of the molecule is CC1(C)CC1C(=O)Cc1nc2ccccc2o1. The Morgan fingerprint density at radius 1 is 1.47 bits per heavy atom. The third-order valence-corrected chi connectivity index (χ3v) is 3.57. The second-order valence-electron chi connectivity index (χ2n) is 5.46. The lowest BCUT2D eigenvalue weighted by Gasteiger charge is -1.99. The number of carbonyl (C=O) groups is 1. The molecule has 0 spiro atoms. The Bertz CT molecular complexity index is 550. The van der Waals surface area contributed by atoms with Crippen molar-refractivity contribution in [2.45, 2.75) is 26.7 Å². The summed E-state index contributed by atoms with van der Waals surface area (Å²) in [5, 5.41) is 0. The molecule has 1 aromatic heterocycles. The van der Waals surface area contributed by atoms with Crippen molar-refractivity contribution in [2.24, 2.45) is 11.3 Å². The summed E-state index contributed by atoms with van der Waals surface area (Å²) in [6.07, 6.45) is 1.31. The number of hydrogen-bond acceptors (Lipinski definition) is 3. The van der Waals surface area contributed by atoms with E-state index in [4.69, 9.17) is 4.42 Å². The predicted octanol–water partition coefficient (Wildman–Crippen LogP) is 2.99. The van der Waals surface area contributed by atoms with Crippen molar-refractivity contribution in [1.29, 1.82) is 0 Å². The summed E-state index contributed by atoms with van der Waals surface area (Å²) >= 11 is 0. The van der Waals surface area contributed by atoms with Crippen molar-refractivity contribution in [1.82, 2.24) is 4.98 Å². The number of benzene rings is 1. The Hall–Kier alpha value is -1.64. The van der Waals surface area contributed by atoms with E-state index in [1.165, 1.54) is 0 Å². The zero-order valence-electron chi connectivity index (χ0n) is 10.1. The average Bonchev–Trinajstić information content (AvgIpc) is 2.73. The third-order valence-electron chi connectivity index (χ3n) is 3.57. The number of carbonyl (C=O) groups excluding carboxylic acids is 1. The van der Waals surface area contributed by atoms with Gasteiger partial charge in [-0.1, -0.05) is 26.0 Å². The summed E-state index contributed by atoms with van der Waals surface area (Å²) in [5.74, 6) is 0.984. The van der Waals surface area contributed by atoms with Gasteiger partial charge in [-0.05, 0) is 24.0 Å². The molecule has 1 atom stereocenters. The monoisotopic (exact) mass is 229 g/mol. The zero-order chi connectivity index (χ0) is 12.0. The van der Waals surface area contributed by atoms with Crippen LogP contribution in [0.5, 0.6) is 0 Å². The molecule has 2 aromatic rings. The first-order valence-corrected chi connectivity index (χ1v) is 5.93. The molecular formula is C14H15NO2. The Labute approximate surface area is 99.8 Å². The summed E-state index contributed by atoms with van der Waals surface area (Å²) < 4.78 is 5.55. The number of hydrogen-bond donors (Lipinski definition) is 0. The van der Waals surface area contributed by atoms with Crippen LogP contribution in [-0.2, 0) is 11.2 Å². The van der Waals surface area contributed by atoms with E-state index in [-0.39, 0.29) is 17.1 Å². The smallest absolute Gasteiger partial charge is 0.202 e. The summed E-state index contributed by atoms with van der Waals surface area (Å²) in [6.45, 7) is 4.25. The molecule has 1 aliphatic carbocycles. The van der Waals surface area contributed by atoms with Crippen molar-refractivity contribution in [3.8, 4) is 0 Å². The maximum Gasteiger partial charge on any atom is 0.202 e. The first-order valence-electron chi connectivity index (χ1n) is 5.93. The topological polar surface area (TPSA) is 43.1 Å². The van der Waals surface area contributed by atoms with Crippen molar-refractivity contribution in [3.05, 3.63) is 30.2 Å². The minimum atomic E-state index is 0.184. The van der Waals surface area contributed by atoms with Gasteiger partial charge in [0.25, 0.3) is 0 Å². The van der Waals surface area contributed by atoms with E-state index in [1.807, 2.05) is 24.3 Å². The van der Waals surface area contributed by atoms with Gasteiger partial charge in [-0.3, -0.25) is 4.79 Å². The van der Waals surface area contributed by atoms with E-state index in [0.29, 0.717) is 12.3 Å². The lowest BCUT2D eigenvalue weighted by molar-refractivity contribution is -0.120. The lowest BCUT2D eigenvalue weighted by Crippen LogP contribution is -2.09. The van der Waals surface area contributed by atoms with Crippen molar-refractivity contribution < 1.29 is 9.21 Å². The lowest BCUT2D eigenvalue weighted by atomic mass is 10.1. The average molecular weight is 229 g/mol. The molecule has 88 valence electrons. The van der Waals surface area contributed by atoms with Crippen molar-refractivity contribution in [3.63, 3.8) is 0 Å². The zero-order valence-corrected chi connectivity index (χ0v) is 10.1. The van der Waals surface area contributed by atoms with Gasteiger partial charge in [0, 0.05) is 5.92 Å². The van der Waals surface area contributed by atoms with Gasteiger partial charge >= 0.3 is 0 Å². The largest absolute Gasteiger partial charge is 0.440 e. The molecule has 1 aromatic carbocycles. The van der Waals surface area contributed by atoms with Gasteiger partial charge in [0.1, 0.15) is 11.3 Å². The Kier molecular flexibility index (Phi) is 2.12. The van der Waals surface area contributed by atoms with Crippen LogP contribution < -0.4 is 0 Å². The van der Waals surface area contributed by atoms with Crippen molar-refractivity contribution >= 4 is 16.9 Å². The highest BCUT2D eigenvalue weighted by Gasteiger charge is 2.50. The maximum absolute atomic E-state index is 12.0. The van der Waals surface area contributed by atoms with Crippen LogP contribution in [0.2, 0.25) is 0 Å². The Balaban J connectivity index is 1.79. The molecule has 3 heteroatoms. The van der Waals surface area contributed by atoms with Crippen LogP contribution in [-0.4, -0.2) is 10.8 Å². The molecule has 1 heterocycles. The number of fused-ring (bicyclic) bond motifs is 1. The minimum Gasteiger partial charge on any atom is -0.440 e. The number of rotatable bonds is 3. The molecule has 0 radical (unpaired) electrons. The van der Waals surface area contributed by atoms with Gasteiger partial charge in [-0.25, -0.2) is 4.98 Å². The summed E-state index contributed by atoms with van der Waals surface area (Å²) in [4.78, 5) is 16.3. The van der Waals surface area contributed by atoms with Gasteiger partial charge in [-0.15, -0.1) is 0 Å². The van der Waals surface area contributed by atoms with E-state index in [1.54, 1.807) is 0 Å². The molecular weight excluding hydrogens is 214 g/mol. The van der Waals surface area contributed by atoms with Gasteiger partial charge < -0.3 is 4.42 Å². The molecule has 1 saturated carbocycles. The highest BCUT2D eigenvalue weighted by molar-refractivity contribution is 5.86. The second kappa shape index (κ2) is 3.42. The molecule has 0 N–H and O–H groups in total. The van der Waals surface area contributed by atoms with Gasteiger partial charge in [0.05, 0.1) is 6.42 Å². The molecule has 0 aliphatic heterocycles. The quantitative estimate of drug-likeness (QED) is 0.812. The van der Waals surface area contributed by atoms with Gasteiger partial charge in [-0.2, -0.15) is 0 Å². The molecule has 3 nitrogen and oxygen atoms in total. The van der Waals surface area contributed by atoms with Gasteiger partial charge in [0.15, 0.2) is 5.58 Å². The molecule has 0 saturated heterocycles. The van der Waals surface area contributed by atoms with Crippen LogP contribution in [0.15, 0.2) is 28.7 Å². The van der Waals surface area contributed by atoms with Crippen LogP contribution in [0.25, 0.3) is 11.1 Å². The van der Waals surface area contributed by atoms with Crippen LogP contribution in [0.1, 0.15) is 26.2 Å². The molecule has 0 bridgehead atoms. The summed E-state index contributed by atoms with van der Waals surface area (Å²) in [6, 6.07) is 7.59. The number of ketones is 1. The van der Waals surface area contributed by atoms with Crippen molar-refractivity contribution in [2.75, 3.05) is 0 Å². The summed E-state index contributed by atoms with van der Waals surface area (Å²) in [5.41, 5.74) is 1.76. The molecule has 1 unspecified atom stereocenters. The van der Waals surface area contributed by atoms with Crippen LogP contribution in [0.3, 0.4) is 0 Å². The Morgan fingerprint density at radius 2 is 2.18 bits per heavy atom. The second-order valence-corrected chi connectivity index (χ2v) is 5.46. The predicted molar refractivity (Wildman–Crippen MR) is 64.6 cm³/mol. The highest BCUT2D eigenvalue weighted by Crippen LogP contribution is 2.52. The van der Waals surface area contributed by atoms with Gasteiger partial charge in [0.2, 0.25) is 5.89 Å². The number of aromatic nitrogens is 1. The maximum atomic E-state index is 12.0. The summed E-state index contributed by atoms with van der Waals surface area (Å²) in [7, 11) is 0. The standard InChI is InChI=1S/C14H15NO2/c1-14(2)8-9(14)11(16)7-13-15-10-5-3-4-6-12(10)17-13/h3-6,9H,7-8H2,1-2H3. The third kappa shape index (κ3) is 1.86. The van der Waals surface area contributed by atoms with E-state index in [9.17, 15) is 4.79 Å². The first kappa shape index (κ1) is 10.5. The number of para-hydroxylation sites is 2. The van der Waals surface area contributed by atoms with Crippen LogP contribution >= 0.6 is 0 Å². The fourth-order valence-corrected chi connectivity index (χ4v) is 2.28. The number of Topliss-reactive ketones (excluding diaryl/α,β-unsaturated/α-hetero) is 1.